The highest BCUT2D eigenvalue weighted by Crippen LogP contribution is 2.48. The van der Waals surface area contributed by atoms with Crippen LogP contribution in [0.4, 0.5) is 14.4 Å². The van der Waals surface area contributed by atoms with Gasteiger partial charge in [0.15, 0.2) is 6.29 Å². The molecule has 0 bridgehead atoms. The van der Waals surface area contributed by atoms with Crippen LogP contribution in [0.1, 0.15) is 68.7 Å². The lowest BCUT2D eigenvalue weighted by atomic mass is 9.83. The minimum Gasteiger partial charge on any atom is -0.444 e. The highest BCUT2D eigenvalue weighted by molar-refractivity contribution is 7.57. The van der Waals surface area contributed by atoms with Crippen LogP contribution in [-0.2, 0) is 37.3 Å². The molecule has 49 heavy (non-hydrogen) atoms. The Balaban J connectivity index is 2.48. The van der Waals surface area contributed by atoms with Crippen molar-refractivity contribution in [2.24, 2.45) is 0 Å². The van der Waals surface area contributed by atoms with Crippen molar-refractivity contribution < 1.29 is 72.1 Å². The molecule has 0 aromatic rings. The SMILES string of the molecule is C=CP(=O)(OC)OC[C@H]1O[C@H](O[C@H]2[C@H](O)[C@@H](O)[C@H](NC(=O)OC(C)(C)C)C[C@@H]2NC(=O)OC(C)(C)C)[C@H](NC(=O)OC(C)(C)C)[C@@H](O)[C@@H]1O. The largest absolute Gasteiger partial charge is 0.444 e. The highest BCUT2D eigenvalue weighted by Gasteiger charge is 2.52. The zero-order valence-electron chi connectivity index (χ0n) is 29.7. The molecule has 1 saturated carbocycles. The van der Waals surface area contributed by atoms with Gasteiger partial charge in [-0.15, -0.1) is 0 Å². The number of rotatable bonds is 10. The van der Waals surface area contributed by atoms with Crippen molar-refractivity contribution in [3.8, 4) is 0 Å². The van der Waals surface area contributed by atoms with Gasteiger partial charge in [0.25, 0.3) is 0 Å². The minimum absolute atomic E-state index is 0.230. The predicted octanol–water partition coefficient (Wildman–Crippen LogP) is 1.62. The molecule has 2 rings (SSSR count). The molecule has 284 valence electrons. The molecule has 1 heterocycles. The van der Waals surface area contributed by atoms with Crippen LogP contribution in [0.3, 0.4) is 0 Å². The van der Waals surface area contributed by atoms with E-state index in [9.17, 15) is 39.4 Å². The summed E-state index contributed by atoms with van der Waals surface area (Å²) in [6, 6.07) is -3.94. The van der Waals surface area contributed by atoms with E-state index in [2.05, 4.69) is 22.5 Å². The van der Waals surface area contributed by atoms with E-state index < -0.39 is 110 Å². The van der Waals surface area contributed by atoms with Gasteiger partial charge < -0.3 is 69.1 Å². The summed E-state index contributed by atoms with van der Waals surface area (Å²) in [5.41, 5.74) is -2.79. The molecule has 19 heteroatoms. The Bertz CT molecular complexity index is 1200. The molecule has 7 N–H and O–H groups in total. The molecule has 0 spiro atoms. The zero-order valence-corrected chi connectivity index (χ0v) is 30.6. The van der Waals surface area contributed by atoms with Gasteiger partial charge >= 0.3 is 25.9 Å². The van der Waals surface area contributed by atoms with Gasteiger partial charge in [-0.25, -0.2) is 14.4 Å². The van der Waals surface area contributed by atoms with Crippen molar-refractivity contribution in [3.63, 3.8) is 0 Å². The number of aliphatic hydroxyl groups excluding tert-OH is 4. The summed E-state index contributed by atoms with van der Waals surface area (Å²) >= 11 is 0. The first kappa shape index (κ1) is 42.6. The second-order valence-corrected chi connectivity index (χ2v) is 16.8. The number of amides is 3. The van der Waals surface area contributed by atoms with E-state index in [1.54, 1.807) is 62.3 Å². The van der Waals surface area contributed by atoms with E-state index in [1.165, 1.54) is 0 Å². The monoisotopic (exact) mass is 727 g/mol. The van der Waals surface area contributed by atoms with Crippen LogP contribution in [0.5, 0.6) is 0 Å². The van der Waals surface area contributed by atoms with Crippen molar-refractivity contribution in [3.05, 3.63) is 12.4 Å². The molecule has 2 aliphatic rings. The number of carbonyl (C=O) groups excluding carboxylic acids is 3. The summed E-state index contributed by atoms with van der Waals surface area (Å²) < 4.78 is 50.7. The Hall–Kier alpha value is -2.54. The molecule has 18 nitrogen and oxygen atoms in total. The smallest absolute Gasteiger partial charge is 0.408 e. The van der Waals surface area contributed by atoms with Crippen molar-refractivity contribution in [1.29, 1.82) is 0 Å². The highest BCUT2D eigenvalue weighted by atomic mass is 31.2. The first-order valence-corrected chi connectivity index (χ1v) is 17.3. The lowest BCUT2D eigenvalue weighted by Gasteiger charge is -2.47. The maximum atomic E-state index is 12.9. The fourth-order valence-corrected chi connectivity index (χ4v) is 5.61. The van der Waals surface area contributed by atoms with Crippen molar-refractivity contribution >= 4 is 25.9 Å². The number of hydrogen-bond donors (Lipinski definition) is 7. The van der Waals surface area contributed by atoms with E-state index in [-0.39, 0.29) is 6.42 Å². The van der Waals surface area contributed by atoms with Crippen LogP contribution in [0.25, 0.3) is 0 Å². The molecule has 0 radical (unpaired) electrons. The van der Waals surface area contributed by atoms with Crippen LogP contribution < -0.4 is 16.0 Å². The summed E-state index contributed by atoms with van der Waals surface area (Å²) in [6.07, 6.45) is -14.9. The second kappa shape index (κ2) is 16.7. The number of ether oxygens (including phenoxy) is 5. The molecule has 3 amide bonds. The Morgan fingerprint density at radius 2 is 1.24 bits per heavy atom. The normalized spacial score (nSPS) is 32.2. The third-order valence-electron chi connectivity index (χ3n) is 6.98. The van der Waals surface area contributed by atoms with Crippen molar-refractivity contribution in [2.45, 2.75) is 147 Å². The van der Waals surface area contributed by atoms with Gasteiger partial charge in [0.1, 0.15) is 59.5 Å². The van der Waals surface area contributed by atoms with Gasteiger partial charge in [-0.3, -0.25) is 4.57 Å². The standard InChI is InChI=1S/C30H54N3O15P/c1-12-49(41,42-11)43-14-17-20(35)21(36)18(33-27(40)48-30(8,9)10)24(44-17)45-23-16(32-26(39)47-29(5,6)7)13-15(19(34)22(23)37)31-25(38)46-28(2,3)4/h12,15-24,34-37H,1,13-14H2,2-11H3,(H,31,38)(H,32,39)(H,33,40)/t15-,16+,17-,18-,19+,20-,21-,22-,23-,24-,49?/m1/s1. The Labute approximate surface area is 286 Å². The molecule has 11 atom stereocenters. The number of aliphatic hydroxyl groups is 4. The van der Waals surface area contributed by atoms with Crippen LogP contribution in [0.15, 0.2) is 12.4 Å². The first-order chi connectivity index (χ1) is 22.3. The summed E-state index contributed by atoms with van der Waals surface area (Å²) in [4.78, 5) is 38.3. The third-order valence-corrected chi connectivity index (χ3v) is 8.44. The second-order valence-electron chi connectivity index (χ2n) is 14.7. The Morgan fingerprint density at radius 3 is 1.69 bits per heavy atom. The van der Waals surface area contributed by atoms with Crippen LogP contribution in [-0.4, -0.2) is 130 Å². The van der Waals surface area contributed by atoms with Gasteiger partial charge in [0.05, 0.1) is 18.7 Å². The summed E-state index contributed by atoms with van der Waals surface area (Å²) in [7, 11) is -2.71. The molecule has 1 aliphatic heterocycles. The van der Waals surface area contributed by atoms with Gasteiger partial charge in [-0.1, -0.05) is 6.58 Å². The average Bonchev–Trinajstić information content (AvgIpc) is 2.93. The fraction of sp³-hybridized carbons (Fsp3) is 0.833. The number of hydrogen-bond acceptors (Lipinski definition) is 15. The lowest BCUT2D eigenvalue weighted by molar-refractivity contribution is -0.297. The number of carbonyl (C=O) groups is 3. The topological polar surface area (TPSA) is 250 Å². The molecule has 2 fully saturated rings. The quantitative estimate of drug-likeness (QED) is 0.125. The average molecular weight is 728 g/mol. The van der Waals surface area contributed by atoms with E-state index in [1.807, 2.05) is 0 Å². The van der Waals surface area contributed by atoms with Gasteiger partial charge in [0.2, 0.25) is 0 Å². The van der Waals surface area contributed by atoms with Crippen LogP contribution in [0.2, 0.25) is 0 Å². The predicted molar refractivity (Wildman–Crippen MR) is 172 cm³/mol. The molecule has 1 saturated heterocycles. The molecular formula is C30H54N3O15P. The zero-order chi connectivity index (χ0) is 37.7. The molecule has 1 unspecified atom stereocenters. The third kappa shape index (κ3) is 13.3. The molecule has 1 aliphatic carbocycles. The van der Waals surface area contributed by atoms with Gasteiger partial charge in [-0.2, -0.15) is 0 Å². The van der Waals surface area contributed by atoms with Gasteiger partial charge in [0, 0.05) is 12.9 Å². The Kier molecular flexibility index (Phi) is 14.5. The van der Waals surface area contributed by atoms with E-state index >= 15 is 0 Å². The fourth-order valence-electron chi connectivity index (χ4n) is 4.89. The number of alkyl carbamates (subject to hydrolysis) is 3. The first-order valence-electron chi connectivity index (χ1n) is 15.7. The van der Waals surface area contributed by atoms with E-state index in [0.29, 0.717) is 0 Å². The Morgan fingerprint density at radius 1 is 0.776 bits per heavy atom. The van der Waals surface area contributed by atoms with Gasteiger partial charge in [-0.05, 0) is 68.7 Å². The molecular weight excluding hydrogens is 673 g/mol. The van der Waals surface area contributed by atoms with Crippen molar-refractivity contribution in [1.82, 2.24) is 16.0 Å². The molecule has 0 aromatic heterocycles. The maximum absolute atomic E-state index is 12.9. The number of nitrogens with one attached hydrogen (secondary N) is 3. The summed E-state index contributed by atoms with van der Waals surface area (Å²) in [6.45, 7) is 17.3. The van der Waals surface area contributed by atoms with Crippen LogP contribution in [0, 0.1) is 0 Å². The summed E-state index contributed by atoms with van der Waals surface area (Å²) in [5, 5.41) is 52.0. The van der Waals surface area contributed by atoms with Crippen LogP contribution >= 0.6 is 7.60 Å². The maximum Gasteiger partial charge on any atom is 0.408 e. The van der Waals surface area contributed by atoms with E-state index in [0.717, 1.165) is 12.9 Å². The minimum atomic E-state index is -3.82. The van der Waals surface area contributed by atoms with E-state index in [4.69, 9.17) is 32.7 Å². The molecule has 0 aromatic carbocycles. The summed E-state index contributed by atoms with van der Waals surface area (Å²) in [5.74, 6) is 0.925. The van der Waals surface area contributed by atoms with Crippen molar-refractivity contribution in [2.75, 3.05) is 13.7 Å². The lowest BCUT2D eigenvalue weighted by Crippen LogP contribution is -2.69.